The number of anilines is 1. The molecule has 5 rings (SSSR count). The average Bonchev–Trinajstić information content (AvgIpc) is 2.94. The van der Waals surface area contributed by atoms with Gasteiger partial charge in [-0.05, 0) is 68.0 Å². The molecule has 0 aromatic heterocycles. The largest absolute Gasteiger partial charge is 0.384 e. The summed E-state index contributed by atoms with van der Waals surface area (Å²) in [6.45, 7) is 6.14. The molecule has 0 amide bonds. The van der Waals surface area contributed by atoms with Crippen molar-refractivity contribution in [3.63, 3.8) is 0 Å². The Bertz CT molecular complexity index is 1710. The van der Waals surface area contributed by atoms with Crippen LogP contribution in [0.2, 0.25) is 5.02 Å². The van der Waals surface area contributed by atoms with Crippen LogP contribution in [0.15, 0.2) is 82.2 Å². The molecule has 1 aliphatic carbocycles. The number of rotatable bonds is 6. The zero-order valence-corrected chi connectivity index (χ0v) is 24.6. The zero-order chi connectivity index (χ0) is 29.4. The molecule has 0 fully saturated rings. The summed E-state index contributed by atoms with van der Waals surface area (Å²) < 4.78 is 0. The third kappa shape index (κ3) is 5.23. The Balaban J connectivity index is 1.67. The van der Waals surface area contributed by atoms with Crippen LogP contribution >= 0.6 is 23.4 Å². The minimum Gasteiger partial charge on any atom is -0.384 e. The predicted molar refractivity (Wildman–Crippen MR) is 163 cm³/mol. The highest BCUT2D eigenvalue weighted by Crippen LogP contribution is 2.49. The number of carbonyl (C=O) groups is 1. The van der Waals surface area contributed by atoms with Crippen molar-refractivity contribution in [2.45, 2.75) is 56.6 Å². The van der Waals surface area contributed by atoms with Crippen LogP contribution in [-0.4, -0.2) is 10.7 Å². The van der Waals surface area contributed by atoms with Gasteiger partial charge in [0, 0.05) is 40.5 Å². The van der Waals surface area contributed by atoms with Crippen LogP contribution in [-0.2, 0) is 10.5 Å². The molecule has 0 radical (unpaired) electrons. The molecule has 7 nitrogen and oxygen atoms in total. The SMILES string of the molecule is Cc1cc(CSc2ccccc2C)c(C)c(C2C(C#N)=C(N)N(c3cc([N+](=O)[O-])ccc3Cl)C3=C2C(=O)CCC3)c1. The number of hydrogen-bond donors (Lipinski definition) is 1. The van der Waals surface area contributed by atoms with Crippen molar-refractivity contribution in [1.29, 1.82) is 5.26 Å². The van der Waals surface area contributed by atoms with Gasteiger partial charge in [0.15, 0.2) is 5.78 Å². The van der Waals surface area contributed by atoms with Gasteiger partial charge < -0.3 is 5.73 Å². The summed E-state index contributed by atoms with van der Waals surface area (Å²) in [5.74, 6) is 0.164. The molecular formula is C32H29ClN4O3S. The van der Waals surface area contributed by atoms with Crippen LogP contribution in [0.1, 0.15) is 53.0 Å². The first-order valence-corrected chi connectivity index (χ1v) is 14.7. The van der Waals surface area contributed by atoms with Crippen molar-refractivity contribution in [3.05, 3.63) is 120 Å². The summed E-state index contributed by atoms with van der Waals surface area (Å²) >= 11 is 8.29. The smallest absolute Gasteiger partial charge is 0.271 e. The number of thioether (sulfide) groups is 1. The highest BCUT2D eigenvalue weighted by atomic mass is 35.5. The lowest BCUT2D eigenvalue weighted by atomic mass is 9.73. The molecule has 1 atom stereocenters. The quantitative estimate of drug-likeness (QED) is 0.179. The molecule has 1 aliphatic heterocycles. The van der Waals surface area contributed by atoms with E-state index in [1.165, 1.54) is 28.7 Å². The van der Waals surface area contributed by atoms with Crippen LogP contribution in [0.5, 0.6) is 0 Å². The summed E-state index contributed by atoms with van der Waals surface area (Å²) in [5.41, 5.74) is 13.5. The summed E-state index contributed by atoms with van der Waals surface area (Å²) in [4.78, 5) is 27.5. The van der Waals surface area contributed by atoms with E-state index in [2.05, 4.69) is 31.2 Å². The van der Waals surface area contributed by atoms with E-state index in [4.69, 9.17) is 17.3 Å². The first-order chi connectivity index (χ1) is 19.6. The number of nitriles is 1. The Morgan fingerprint density at radius 1 is 1.15 bits per heavy atom. The maximum absolute atomic E-state index is 13.6. The van der Waals surface area contributed by atoms with Gasteiger partial charge in [0.1, 0.15) is 5.82 Å². The van der Waals surface area contributed by atoms with Crippen LogP contribution in [0.25, 0.3) is 0 Å². The van der Waals surface area contributed by atoms with Crippen LogP contribution < -0.4 is 10.6 Å². The van der Waals surface area contributed by atoms with Gasteiger partial charge in [-0.25, -0.2) is 0 Å². The summed E-state index contributed by atoms with van der Waals surface area (Å²) in [7, 11) is 0. The van der Waals surface area contributed by atoms with E-state index in [0.717, 1.165) is 28.0 Å². The van der Waals surface area contributed by atoms with Gasteiger partial charge in [-0.15, -0.1) is 11.8 Å². The number of nitrogens with zero attached hydrogens (tertiary/aromatic N) is 3. The summed E-state index contributed by atoms with van der Waals surface area (Å²) in [6, 6.07) is 18.8. The van der Waals surface area contributed by atoms with E-state index in [-0.39, 0.29) is 33.6 Å². The Kier molecular flexibility index (Phi) is 7.94. The lowest BCUT2D eigenvalue weighted by molar-refractivity contribution is -0.384. The van der Waals surface area contributed by atoms with Crippen LogP contribution in [0.4, 0.5) is 11.4 Å². The van der Waals surface area contributed by atoms with Gasteiger partial charge in [-0.1, -0.05) is 47.5 Å². The number of Topliss-reactive ketones (excluding diaryl/α,β-unsaturated/α-hetero) is 1. The number of carbonyl (C=O) groups excluding carboxylic acids is 1. The van der Waals surface area contributed by atoms with E-state index in [1.54, 1.807) is 16.7 Å². The van der Waals surface area contributed by atoms with Gasteiger partial charge in [-0.2, -0.15) is 5.26 Å². The lowest BCUT2D eigenvalue weighted by Crippen LogP contribution is -2.39. The maximum Gasteiger partial charge on any atom is 0.271 e. The minimum atomic E-state index is -0.640. The number of ketones is 1. The molecule has 2 aliphatic rings. The monoisotopic (exact) mass is 584 g/mol. The molecule has 0 saturated heterocycles. The van der Waals surface area contributed by atoms with E-state index in [0.29, 0.717) is 30.5 Å². The van der Waals surface area contributed by atoms with Crippen molar-refractivity contribution in [1.82, 2.24) is 0 Å². The first kappa shape index (κ1) is 28.5. The van der Waals surface area contributed by atoms with Crippen LogP contribution in [0, 0.1) is 42.2 Å². The standard InChI is InChI=1S/C32H29ClN4O3S/c1-18-13-21(17-41-29-10-5-4-7-19(29)2)20(3)23(14-18)30-24(16-34)32(35)36(26-8-6-9-28(38)31(26)30)27-15-22(37(39)40)11-12-25(27)33/h4-5,7,10-15,30H,6,8-9,17,35H2,1-3H3. The van der Waals surface area contributed by atoms with Crippen molar-refractivity contribution < 1.29 is 9.72 Å². The molecule has 208 valence electrons. The molecule has 3 aromatic carbocycles. The van der Waals surface area contributed by atoms with E-state index >= 15 is 0 Å². The number of nitrogens with two attached hydrogens (primary N) is 1. The fraction of sp³-hybridized carbons (Fsp3) is 0.250. The summed E-state index contributed by atoms with van der Waals surface area (Å²) in [5, 5.41) is 22.3. The van der Waals surface area contributed by atoms with Gasteiger partial charge in [0.2, 0.25) is 0 Å². The Labute approximate surface area is 248 Å². The summed E-state index contributed by atoms with van der Waals surface area (Å²) in [6.07, 6.45) is 1.48. The van der Waals surface area contributed by atoms with Gasteiger partial charge >= 0.3 is 0 Å². The predicted octanol–water partition coefficient (Wildman–Crippen LogP) is 7.77. The van der Waals surface area contributed by atoms with E-state index in [9.17, 15) is 20.2 Å². The molecule has 1 unspecified atom stereocenters. The van der Waals surface area contributed by atoms with Gasteiger partial charge in [0.05, 0.1) is 33.2 Å². The topological polar surface area (TPSA) is 113 Å². The fourth-order valence-electron chi connectivity index (χ4n) is 5.75. The van der Waals surface area contributed by atoms with E-state index in [1.807, 2.05) is 32.0 Å². The van der Waals surface area contributed by atoms with Crippen molar-refractivity contribution in [2.75, 3.05) is 4.90 Å². The first-order valence-electron chi connectivity index (χ1n) is 13.3. The second-order valence-corrected chi connectivity index (χ2v) is 11.8. The number of hydrogen-bond acceptors (Lipinski definition) is 7. The van der Waals surface area contributed by atoms with E-state index < -0.39 is 10.8 Å². The zero-order valence-electron chi connectivity index (χ0n) is 23.0. The molecule has 1 heterocycles. The average molecular weight is 585 g/mol. The molecule has 3 aromatic rings. The van der Waals surface area contributed by atoms with Gasteiger partial charge in [0.25, 0.3) is 5.69 Å². The molecule has 9 heteroatoms. The number of aryl methyl sites for hydroxylation is 2. The number of allylic oxidation sites excluding steroid dienone is 3. The molecule has 41 heavy (non-hydrogen) atoms. The Morgan fingerprint density at radius 3 is 2.61 bits per heavy atom. The minimum absolute atomic E-state index is 0.0557. The molecule has 0 bridgehead atoms. The van der Waals surface area contributed by atoms with Crippen molar-refractivity contribution >= 4 is 40.5 Å². The van der Waals surface area contributed by atoms with Crippen molar-refractivity contribution in [2.24, 2.45) is 5.73 Å². The highest BCUT2D eigenvalue weighted by molar-refractivity contribution is 7.98. The number of halogens is 1. The molecule has 0 spiro atoms. The van der Waals surface area contributed by atoms with Crippen LogP contribution in [0.3, 0.4) is 0 Å². The highest BCUT2D eigenvalue weighted by Gasteiger charge is 2.41. The number of nitro benzene ring substituents is 1. The number of nitro groups is 1. The Morgan fingerprint density at radius 2 is 1.90 bits per heavy atom. The second kappa shape index (κ2) is 11.4. The normalized spacial score (nSPS) is 17.0. The fourth-order valence-corrected chi connectivity index (χ4v) is 7.03. The molecular weight excluding hydrogens is 556 g/mol. The second-order valence-electron chi connectivity index (χ2n) is 10.4. The lowest BCUT2D eigenvalue weighted by Gasteiger charge is -2.40. The number of non-ortho nitro benzene ring substituents is 1. The maximum atomic E-state index is 13.6. The third-order valence-electron chi connectivity index (χ3n) is 7.78. The number of benzene rings is 3. The Hall–Kier alpha value is -4.06. The van der Waals surface area contributed by atoms with Gasteiger partial charge in [-0.3, -0.25) is 19.8 Å². The molecule has 0 saturated carbocycles. The van der Waals surface area contributed by atoms with Crippen molar-refractivity contribution in [3.8, 4) is 6.07 Å². The third-order valence-corrected chi connectivity index (χ3v) is 9.33. The molecule has 2 N–H and O–H groups in total.